The smallest absolute Gasteiger partial charge is 0.303 e. The zero-order valence-electron chi connectivity index (χ0n) is 16.1. The van der Waals surface area contributed by atoms with Crippen molar-refractivity contribution in [3.63, 3.8) is 0 Å². The molecule has 2 heteroatoms. The third kappa shape index (κ3) is 21.0. The Kier molecular flexibility index (Phi) is 19.3. The van der Waals surface area contributed by atoms with E-state index in [1.165, 1.54) is 70.6 Å². The van der Waals surface area contributed by atoms with Crippen LogP contribution in [0.25, 0.3) is 0 Å². The van der Waals surface area contributed by atoms with Gasteiger partial charge in [-0.05, 0) is 19.3 Å². The Labute approximate surface area is 150 Å². The van der Waals surface area contributed by atoms with Gasteiger partial charge in [0, 0.05) is 19.3 Å². The fraction of sp³-hybridized carbons (Fsp3) is 0.864. The van der Waals surface area contributed by atoms with E-state index < -0.39 is 5.97 Å². The summed E-state index contributed by atoms with van der Waals surface area (Å²) in [7, 11) is 0. The molecule has 0 saturated heterocycles. The highest BCUT2D eigenvalue weighted by molar-refractivity contribution is 5.66. The molecule has 0 radical (unpaired) electrons. The van der Waals surface area contributed by atoms with Crippen LogP contribution in [0.2, 0.25) is 0 Å². The molecule has 1 N–H and O–H groups in total. The summed E-state index contributed by atoms with van der Waals surface area (Å²) < 4.78 is 0. The molecular formula is C22H40O2. The van der Waals surface area contributed by atoms with E-state index in [0.717, 1.165) is 38.5 Å². The predicted octanol–water partition coefficient (Wildman–Crippen LogP) is 7.12. The van der Waals surface area contributed by atoms with Gasteiger partial charge in [0.1, 0.15) is 0 Å². The first-order valence-corrected chi connectivity index (χ1v) is 10.4. The Hall–Kier alpha value is -0.970. The van der Waals surface area contributed by atoms with Gasteiger partial charge in [0.05, 0.1) is 0 Å². The fourth-order valence-electron chi connectivity index (χ4n) is 2.90. The molecule has 0 fully saturated rings. The van der Waals surface area contributed by atoms with E-state index in [1.54, 1.807) is 0 Å². The predicted molar refractivity (Wildman–Crippen MR) is 104 cm³/mol. The summed E-state index contributed by atoms with van der Waals surface area (Å²) in [4.78, 5) is 10.4. The van der Waals surface area contributed by atoms with Gasteiger partial charge in [-0.3, -0.25) is 4.79 Å². The zero-order valence-corrected chi connectivity index (χ0v) is 16.1. The lowest BCUT2D eigenvalue weighted by atomic mass is 10.1. The van der Waals surface area contributed by atoms with Gasteiger partial charge in [0.2, 0.25) is 0 Å². The average Bonchev–Trinajstić information content (AvgIpc) is 2.56. The molecule has 2 nitrogen and oxygen atoms in total. The lowest BCUT2D eigenvalue weighted by Gasteiger charge is -2.00. The Balaban J connectivity index is 3.11. The molecule has 140 valence electrons. The van der Waals surface area contributed by atoms with Gasteiger partial charge in [-0.25, -0.2) is 0 Å². The minimum atomic E-state index is -0.673. The summed E-state index contributed by atoms with van der Waals surface area (Å²) in [6, 6.07) is 0. The Morgan fingerprint density at radius 1 is 0.625 bits per heavy atom. The van der Waals surface area contributed by atoms with Crippen molar-refractivity contribution in [2.24, 2.45) is 0 Å². The highest BCUT2D eigenvalue weighted by atomic mass is 16.4. The van der Waals surface area contributed by atoms with E-state index in [2.05, 4.69) is 18.8 Å². The zero-order chi connectivity index (χ0) is 17.7. The van der Waals surface area contributed by atoms with E-state index in [1.807, 2.05) is 0 Å². The van der Waals surface area contributed by atoms with Crippen LogP contribution in [0, 0.1) is 11.8 Å². The van der Waals surface area contributed by atoms with E-state index in [-0.39, 0.29) is 0 Å². The number of hydrogen-bond donors (Lipinski definition) is 1. The topological polar surface area (TPSA) is 37.3 Å². The molecule has 24 heavy (non-hydrogen) atoms. The third-order valence-corrected chi connectivity index (χ3v) is 4.47. The highest BCUT2D eigenvalue weighted by Gasteiger charge is 1.96. The van der Waals surface area contributed by atoms with Crippen molar-refractivity contribution in [3.8, 4) is 11.8 Å². The van der Waals surface area contributed by atoms with Crippen LogP contribution in [0.4, 0.5) is 0 Å². The molecule has 0 aliphatic rings. The van der Waals surface area contributed by atoms with Crippen molar-refractivity contribution >= 4 is 5.97 Å². The normalized spacial score (nSPS) is 10.4. The molecule has 0 unspecified atom stereocenters. The summed E-state index contributed by atoms with van der Waals surface area (Å²) in [5.41, 5.74) is 0. The number of carboxylic acids is 1. The molecule has 0 aromatic carbocycles. The number of hydrogen-bond acceptors (Lipinski definition) is 1. The minimum Gasteiger partial charge on any atom is -0.481 e. The van der Waals surface area contributed by atoms with Gasteiger partial charge in [0.25, 0.3) is 0 Å². The lowest BCUT2D eigenvalue weighted by Crippen LogP contribution is -1.93. The van der Waals surface area contributed by atoms with Crippen LogP contribution in [-0.2, 0) is 4.79 Å². The Morgan fingerprint density at radius 3 is 1.42 bits per heavy atom. The summed E-state index contributed by atoms with van der Waals surface area (Å²) >= 11 is 0. The summed E-state index contributed by atoms with van der Waals surface area (Å²) in [6.07, 6.45) is 21.6. The first kappa shape index (κ1) is 23.0. The summed E-state index contributed by atoms with van der Waals surface area (Å²) in [5.74, 6) is 5.91. The molecule has 0 rings (SSSR count). The van der Waals surface area contributed by atoms with Crippen LogP contribution in [0.5, 0.6) is 0 Å². The van der Waals surface area contributed by atoms with Crippen LogP contribution in [-0.4, -0.2) is 11.1 Å². The Bertz CT molecular complexity index is 325. The van der Waals surface area contributed by atoms with Crippen molar-refractivity contribution < 1.29 is 9.90 Å². The van der Waals surface area contributed by atoms with Crippen LogP contribution in [0.3, 0.4) is 0 Å². The second-order valence-electron chi connectivity index (χ2n) is 6.95. The monoisotopic (exact) mass is 336 g/mol. The first-order valence-electron chi connectivity index (χ1n) is 10.4. The molecule has 0 aromatic rings. The van der Waals surface area contributed by atoms with Crippen LogP contribution in [0.1, 0.15) is 122 Å². The maximum atomic E-state index is 10.4. The molecule has 0 atom stereocenters. The SMILES string of the molecule is CCCCCCCCCCCCC#CCCCCCCCC(=O)O. The van der Waals surface area contributed by atoms with Crippen LogP contribution >= 0.6 is 0 Å². The largest absolute Gasteiger partial charge is 0.481 e. The van der Waals surface area contributed by atoms with E-state index >= 15 is 0 Å². The average molecular weight is 337 g/mol. The van der Waals surface area contributed by atoms with Crippen LogP contribution < -0.4 is 0 Å². The number of rotatable bonds is 17. The second-order valence-corrected chi connectivity index (χ2v) is 6.95. The van der Waals surface area contributed by atoms with Crippen molar-refractivity contribution in [2.45, 2.75) is 122 Å². The summed E-state index contributed by atoms with van der Waals surface area (Å²) in [6.45, 7) is 2.27. The maximum absolute atomic E-state index is 10.4. The minimum absolute atomic E-state index is 0.318. The molecule has 0 bridgehead atoms. The molecule has 0 amide bonds. The van der Waals surface area contributed by atoms with Gasteiger partial charge >= 0.3 is 5.97 Å². The molecule has 0 aliphatic heterocycles. The maximum Gasteiger partial charge on any atom is 0.303 e. The van der Waals surface area contributed by atoms with Gasteiger partial charge < -0.3 is 5.11 Å². The fourth-order valence-corrected chi connectivity index (χ4v) is 2.90. The third-order valence-electron chi connectivity index (χ3n) is 4.47. The van der Waals surface area contributed by atoms with Crippen molar-refractivity contribution in [2.75, 3.05) is 0 Å². The van der Waals surface area contributed by atoms with Crippen molar-refractivity contribution in [1.29, 1.82) is 0 Å². The van der Waals surface area contributed by atoms with Gasteiger partial charge in [0.15, 0.2) is 0 Å². The summed E-state index contributed by atoms with van der Waals surface area (Å²) in [5, 5.41) is 8.54. The molecule has 0 aliphatic carbocycles. The number of unbranched alkanes of at least 4 members (excludes halogenated alkanes) is 15. The Morgan fingerprint density at radius 2 is 1.00 bits per heavy atom. The molecule has 0 spiro atoms. The van der Waals surface area contributed by atoms with Crippen LogP contribution in [0.15, 0.2) is 0 Å². The van der Waals surface area contributed by atoms with Crippen molar-refractivity contribution in [3.05, 3.63) is 0 Å². The standard InChI is InChI=1S/C22H40O2/c1-2-3-4-5-6-7-8-9-10-11-12-13-14-15-16-17-18-19-20-21-22(23)24/h2-12,15-21H2,1H3,(H,23,24). The highest BCUT2D eigenvalue weighted by Crippen LogP contribution is 2.11. The number of aliphatic carboxylic acids is 1. The number of carboxylic acid groups (broad SMARTS) is 1. The van der Waals surface area contributed by atoms with Crippen molar-refractivity contribution in [1.82, 2.24) is 0 Å². The van der Waals surface area contributed by atoms with Gasteiger partial charge in [-0.15, -0.1) is 11.8 Å². The first-order chi connectivity index (χ1) is 11.8. The molecule has 0 aromatic heterocycles. The number of carbonyl (C=O) groups is 1. The van der Waals surface area contributed by atoms with E-state index in [4.69, 9.17) is 5.11 Å². The quantitative estimate of drug-likeness (QED) is 0.227. The van der Waals surface area contributed by atoms with Gasteiger partial charge in [-0.2, -0.15) is 0 Å². The lowest BCUT2D eigenvalue weighted by molar-refractivity contribution is -0.137. The molecule has 0 saturated carbocycles. The molecular weight excluding hydrogens is 296 g/mol. The van der Waals surface area contributed by atoms with E-state index in [0.29, 0.717) is 6.42 Å². The van der Waals surface area contributed by atoms with Gasteiger partial charge in [-0.1, -0.05) is 84.0 Å². The van der Waals surface area contributed by atoms with E-state index in [9.17, 15) is 4.79 Å². The second kappa shape index (κ2) is 20.1. The molecule has 0 heterocycles.